The lowest BCUT2D eigenvalue weighted by atomic mass is 9.95. The summed E-state index contributed by atoms with van der Waals surface area (Å²) in [6.45, 7) is 1.81. The summed E-state index contributed by atoms with van der Waals surface area (Å²) in [5.74, 6) is 0.0648. The van der Waals surface area contributed by atoms with Crippen LogP contribution in [0.5, 0.6) is 0 Å². The number of amides is 2. The Labute approximate surface area is 180 Å². The van der Waals surface area contributed by atoms with Crippen molar-refractivity contribution in [2.24, 2.45) is 11.7 Å². The number of benzene rings is 2. The van der Waals surface area contributed by atoms with Gasteiger partial charge in [-0.25, -0.2) is 4.79 Å². The molecule has 0 spiro atoms. The molecule has 1 fully saturated rings. The number of nitrogens with two attached hydrogens (primary N) is 1. The zero-order valence-corrected chi connectivity index (χ0v) is 17.4. The van der Waals surface area contributed by atoms with Crippen molar-refractivity contribution in [2.75, 3.05) is 25.0 Å². The number of ether oxygens (including phenoxy) is 2. The van der Waals surface area contributed by atoms with Gasteiger partial charge in [-0.2, -0.15) is 0 Å². The summed E-state index contributed by atoms with van der Waals surface area (Å²) in [6, 6.07) is 14.0. The predicted molar refractivity (Wildman–Crippen MR) is 116 cm³/mol. The van der Waals surface area contributed by atoms with Gasteiger partial charge in [0.2, 0.25) is 0 Å². The fraction of sp³-hybridized carbons (Fsp3) is 0.364. The molecule has 2 aromatic carbocycles. The zero-order valence-electron chi connectivity index (χ0n) is 16.6. The van der Waals surface area contributed by atoms with Crippen LogP contribution in [0, 0.1) is 5.92 Å². The van der Waals surface area contributed by atoms with E-state index in [9.17, 15) is 9.59 Å². The third-order valence-corrected chi connectivity index (χ3v) is 5.13. The Kier molecular flexibility index (Phi) is 8.07. The molecule has 3 rings (SSSR count). The second-order valence-electron chi connectivity index (χ2n) is 7.24. The molecule has 1 saturated heterocycles. The standard InChI is InChI=1S/C22H26ClN3O4/c23-18-9-17(21(27)25-13-16-6-7-29-20(8-16)12-24)10-19(11-18)26-22(28)30-14-15-4-2-1-3-5-15/h1-5,9-11,16,20H,6-8,12-14,24H2,(H,25,27)(H,26,28)/t16-,20+/m0/s1. The van der Waals surface area contributed by atoms with Gasteiger partial charge < -0.3 is 20.5 Å². The van der Waals surface area contributed by atoms with E-state index in [2.05, 4.69) is 10.6 Å². The summed E-state index contributed by atoms with van der Waals surface area (Å²) in [5.41, 5.74) is 7.30. The molecule has 160 valence electrons. The third-order valence-electron chi connectivity index (χ3n) is 4.91. The predicted octanol–water partition coefficient (Wildman–Crippen LogP) is 3.57. The van der Waals surface area contributed by atoms with E-state index in [0.717, 1.165) is 18.4 Å². The Morgan fingerprint density at radius 3 is 2.77 bits per heavy atom. The number of halogens is 1. The van der Waals surface area contributed by atoms with Crippen LogP contribution >= 0.6 is 11.6 Å². The Hall–Kier alpha value is -2.61. The average molecular weight is 432 g/mol. The van der Waals surface area contributed by atoms with Crippen LogP contribution < -0.4 is 16.4 Å². The molecule has 0 bridgehead atoms. The lowest BCUT2D eigenvalue weighted by Crippen LogP contribution is -2.37. The fourth-order valence-electron chi connectivity index (χ4n) is 3.32. The van der Waals surface area contributed by atoms with Crippen LogP contribution in [-0.4, -0.2) is 37.8 Å². The van der Waals surface area contributed by atoms with Gasteiger partial charge in [-0.1, -0.05) is 41.9 Å². The molecule has 0 aliphatic carbocycles. The van der Waals surface area contributed by atoms with Crippen molar-refractivity contribution >= 4 is 29.3 Å². The molecule has 0 saturated carbocycles. The summed E-state index contributed by atoms with van der Waals surface area (Å²) in [4.78, 5) is 24.6. The second kappa shape index (κ2) is 11.0. The van der Waals surface area contributed by atoms with E-state index in [1.807, 2.05) is 30.3 Å². The first-order valence-electron chi connectivity index (χ1n) is 9.91. The number of carbonyl (C=O) groups is 2. The molecule has 4 N–H and O–H groups in total. The van der Waals surface area contributed by atoms with Crippen LogP contribution in [0.2, 0.25) is 5.02 Å². The molecule has 8 heteroatoms. The minimum Gasteiger partial charge on any atom is -0.444 e. The quantitative estimate of drug-likeness (QED) is 0.621. The highest BCUT2D eigenvalue weighted by atomic mass is 35.5. The molecule has 0 unspecified atom stereocenters. The molecular weight excluding hydrogens is 406 g/mol. The largest absolute Gasteiger partial charge is 0.444 e. The lowest BCUT2D eigenvalue weighted by molar-refractivity contribution is -0.00260. The highest BCUT2D eigenvalue weighted by molar-refractivity contribution is 6.31. The molecule has 7 nitrogen and oxygen atoms in total. The van der Waals surface area contributed by atoms with Crippen molar-refractivity contribution in [1.29, 1.82) is 0 Å². The lowest BCUT2D eigenvalue weighted by Gasteiger charge is -2.28. The molecule has 1 aliphatic heterocycles. The van der Waals surface area contributed by atoms with Crippen molar-refractivity contribution in [3.05, 3.63) is 64.7 Å². The molecule has 0 aromatic heterocycles. The van der Waals surface area contributed by atoms with Crippen LogP contribution in [0.4, 0.5) is 10.5 Å². The van der Waals surface area contributed by atoms with E-state index in [1.165, 1.54) is 0 Å². The number of hydrogen-bond donors (Lipinski definition) is 3. The first kappa shape index (κ1) is 22.1. The monoisotopic (exact) mass is 431 g/mol. The van der Waals surface area contributed by atoms with Crippen molar-refractivity contribution in [1.82, 2.24) is 5.32 Å². The van der Waals surface area contributed by atoms with Crippen molar-refractivity contribution in [2.45, 2.75) is 25.6 Å². The van der Waals surface area contributed by atoms with Gasteiger partial charge in [-0.3, -0.25) is 10.1 Å². The number of carbonyl (C=O) groups excluding carboxylic acids is 2. The summed E-state index contributed by atoms with van der Waals surface area (Å²) in [6.07, 6.45) is 1.13. The maximum Gasteiger partial charge on any atom is 0.411 e. The summed E-state index contributed by atoms with van der Waals surface area (Å²) in [5, 5.41) is 5.88. The number of rotatable bonds is 7. The molecule has 1 aliphatic rings. The van der Waals surface area contributed by atoms with E-state index in [4.69, 9.17) is 26.8 Å². The maximum atomic E-state index is 12.6. The summed E-state index contributed by atoms with van der Waals surface area (Å²) >= 11 is 6.13. The minimum atomic E-state index is -0.623. The minimum absolute atomic E-state index is 0.0459. The highest BCUT2D eigenvalue weighted by Gasteiger charge is 2.22. The highest BCUT2D eigenvalue weighted by Crippen LogP contribution is 2.21. The smallest absolute Gasteiger partial charge is 0.411 e. The summed E-state index contributed by atoms with van der Waals surface area (Å²) in [7, 11) is 0. The van der Waals surface area contributed by atoms with Gasteiger partial charge in [0, 0.05) is 36.0 Å². The first-order valence-corrected chi connectivity index (χ1v) is 10.3. The second-order valence-corrected chi connectivity index (χ2v) is 7.68. The molecule has 2 aromatic rings. The maximum absolute atomic E-state index is 12.6. The van der Waals surface area contributed by atoms with Crippen molar-refractivity contribution < 1.29 is 19.1 Å². The normalized spacial score (nSPS) is 18.5. The molecule has 1 heterocycles. The van der Waals surface area contributed by atoms with Gasteiger partial charge in [0.15, 0.2) is 0 Å². The van der Waals surface area contributed by atoms with E-state index < -0.39 is 6.09 Å². The Bertz CT molecular complexity index is 863. The molecule has 2 atom stereocenters. The fourth-order valence-corrected chi connectivity index (χ4v) is 3.55. The third kappa shape index (κ3) is 6.73. The van der Waals surface area contributed by atoms with Gasteiger partial charge in [-0.15, -0.1) is 0 Å². The van der Waals surface area contributed by atoms with E-state index >= 15 is 0 Å². The SMILES string of the molecule is NC[C@H]1C[C@@H](CNC(=O)c2cc(Cl)cc(NC(=O)OCc3ccccc3)c2)CCO1. The van der Waals surface area contributed by atoms with Crippen molar-refractivity contribution in [3.8, 4) is 0 Å². The summed E-state index contributed by atoms with van der Waals surface area (Å²) < 4.78 is 10.8. The van der Waals surface area contributed by atoms with Crippen LogP contribution in [0.25, 0.3) is 0 Å². The molecular formula is C22H26ClN3O4. The van der Waals surface area contributed by atoms with E-state index in [0.29, 0.717) is 41.9 Å². The molecule has 0 radical (unpaired) electrons. The topological polar surface area (TPSA) is 103 Å². The Balaban J connectivity index is 1.53. The van der Waals surface area contributed by atoms with Gasteiger partial charge in [0.1, 0.15) is 6.61 Å². The van der Waals surface area contributed by atoms with E-state index in [1.54, 1.807) is 18.2 Å². The van der Waals surface area contributed by atoms with Crippen LogP contribution in [0.15, 0.2) is 48.5 Å². The van der Waals surface area contributed by atoms with Gasteiger partial charge in [0.05, 0.1) is 6.10 Å². The van der Waals surface area contributed by atoms with Crippen LogP contribution in [-0.2, 0) is 16.1 Å². The molecule has 30 heavy (non-hydrogen) atoms. The first-order chi connectivity index (χ1) is 14.5. The molecule has 2 amide bonds. The Morgan fingerprint density at radius 1 is 1.20 bits per heavy atom. The average Bonchev–Trinajstić information content (AvgIpc) is 2.76. The number of nitrogens with one attached hydrogen (secondary N) is 2. The van der Waals surface area contributed by atoms with Crippen LogP contribution in [0.1, 0.15) is 28.8 Å². The van der Waals surface area contributed by atoms with Gasteiger partial charge in [0.25, 0.3) is 5.91 Å². The van der Waals surface area contributed by atoms with Gasteiger partial charge in [-0.05, 0) is 42.5 Å². The number of hydrogen-bond acceptors (Lipinski definition) is 5. The van der Waals surface area contributed by atoms with Crippen LogP contribution in [0.3, 0.4) is 0 Å². The van der Waals surface area contributed by atoms with Crippen molar-refractivity contribution in [3.63, 3.8) is 0 Å². The van der Waals surface area contributed by atoms with Gasteiger partial charge >= 0.3 is 6.09 Å². The van der Waals surface area contributed by atoms with E-state index in [-0.39, 0.29) is 18.6 Å². The Morgan fingerprint density at radius 2 is 2.00 bits per heavy atom. The number of anilines is 1. The zero-order chi connectivity index (χ0) is 21.3.